The summed E-state index contributed by atoms with van der Waals surface area (Å²) in [5, 5.41) is 20.7. The number of ether oxygens (including phenoxy) is 2. The summed E-state index contributed by atoms with van der Waals surface area (Å²) < 4.78 is 9.95. The van der Waals surface area contributed by atoms with Gasteiger partial charge in [0.1, 0.15) is 13.2 Å². The van der Waals surface area contributed by atoms with Gasteiger partial charge in [-0.15, -0.1) is 0 Å². The minimum Gasteiger partial charge on any atom is -0.459 e. The molecule has 1 aliphatic rings. The van der Waals surface area contributed by atoms with E-state index < -0.39 is 23.1 Å². The Morgan fingerprint density at radius 2 is 1.14 bits per heavy atom. The standard InChI is InChI=1S/C16H24O6/c1-11(2)13(17)21-9-15(19)5-7-16(20,8-6-15)10-22-14(18)12(3)4/h19-20H,1,3,5-10H2,2,4H3. The van der Waals surface area contributed by atoms with Crippen LogP contribution in [-0.4, -0.2) is 46.6 Å². The van der Waals surface area contributed by atoms with Gasteiger partial charge in [0.05, 0.1) is 11.2 Å². The molecule has 2 N–H and O–H groups in total. The SMILES string of the molecule is C=C(C)C(=O)OCC1(O)CCC(O)(COC(=O)C(=C)C)CC1. The largest absolute Gasteiger partial charge is 0.459 e. The van der Waals surface area contributed by atoms with Crippen molar-refractivity contribution in [3.63, 3.8) is 0 Å². The maximum absolute atomic E-state index is 11.3. The molecule has 124 valence electrons. The first-order valence-corrected chi connectivity index (χ1v) is 7.17. The molecule has 1 aliphatic carbocycles. The molecular weight excluding hydrogens is 288 g/mol. The molecule has 0 aliphatic heterocycles. The number of rotatable bonds is 6. The van der Waals surface area contributed by atoms with Crippen LogP contribution in [0, 0.1) is 0 Å². The molecule has 0 heterocycles. The Labute approximate surface area is 130 Å². The summed E-state index contributed by atoms with van der Waals surface area (Å²) in [7, 11) is 0. The van der Waals surface area contributed by atoms with Crippen LogP contribution in [0.4, 0.5) is 0 Å². The lowest BCUT2D eigenvalue weighted by Crippen LogP contribution is -2.48. The van der Waals surface area contributed by atoms with Gasteiger partial charge in [0, 0.05) is 11.1 Å². The average molecular weight is 312 g/mol. The van der Waals surface area contributed by atoms with E-state index in [9.17, 15) is 19.8 Å². The molecule has 1 fully saturated rings. The zero-order valence-electron chi connectivity index (χ0n) is 13.2. The van der Waals surface area contributed by atoms with Crippen molar-refractivity contribution in [1.82, 2.24) is 0 Å². The minimum absolute atomic E-state index is 0.139. The van der Waals surface area contributed by atoms with Crippen molar-refractivity contribution in [3.8, 4) is 0 Å². The highest BCUT2D eigenvalue weighted by Gasteiger charge is 2.42. The Morgan fingerprint density at radius 3 is 1.36 bits per heavy atom. The van der Waals surface area contributed by atoms with E-state index in [1.54, 1.807) is 0 Å². The number of carbonyl (C=O) groups is 2. The molecule has 1 saturated carbocycles. The second-order valence-electron chi connectivity index (χ2n) is 6.16. The first-order valence-electron chi connectivity index (χ1n) is 7.17. The lowest BCUT2D eigenvalue weighted by molar-refractivity contribution is -0.163. The fourth-order valence-corrected chi connectivity index (χ4v) is 2.12. The molecule has 22 heavy (non-hydrogen) atoms. The number of carbonyl (C=O) groups excluding carboxylic acids is 2. The van der Waals surface area contributed by atoms with Crippen molar-refractivity contribution in [1.29, 1.82) is 0 Å². The molecule has 0 amide bonds. The summed E-state index contributed by atoms with van der Waals surface area (Å²) in [6.07, 6.45) is 0.990. The van der Waals surface area contributed by atoms with E-state index in [0.29, 0.717) is 0 Å². The van der Waals surface area contributed by atoms with Crippen molar-refractivity contribution in [2.45, 2.75) is 50.7 Å². The van der Waals surface area contributed by atoms with Crippen molar-refractivity contribution < 1.29 is 29.3 Å². The highest BCUT2D eigenvalue weighted by molar-refractivity contribution is 5.87. The molecule has 0 radical (unpaired) electrons. The molecule has 0 spiro atoms. The summed E-state index contributed by atoms with van der Waals surface area (Å²) in [4.78, 5) is 22.7. The summed E-state index contributed by atoms with van der Waals surface area (Å²) in [6.45, 7) is 9.72. The number of aliphatic hydroxyl groups is 2. The second-order valence-corrected chi connectivity index (χ2v) is 6.16. The van der Waals surface area contributed by atoms with E-state index in [4.69, 9.17) is 9.47 Å². The smallest absolute Gasteiger partial charge is 0.333 e. The van der Waals surface area contributed by atoms with Crippen LogP contribution in [0.3, 0.4) is 0 Å². The van der Waals surface area contributed by atoms with E-state index in [-0.39, 0.29) is 50.0 Å². The maximum Gasteiger partial charge on any atom is 0.333 e. The Bertz CT molecular complexity index is 427. The minimum atomic E-state index is -1.17. The van der Waals surface area contributed by atoms with Gasteiger partial charge in [-0.3, -0.25) is 0 Å². The van der Waals surface area contributed by atoms with Crippen LogP contribution >= 0.6 is 0 Å². The monoisotopic (exact) mass is 312 g/mol. The number of hydrogen-bond acceptors (Lipinski definition) is 6. The van der Waals surface area contributed by atoms with E-state index in [1.165, 1.54) is 13.8 Å². The Hall–Kier alpha value is -1.66. The lowest BCUT2D eigenvalue weighted by atomic mass is 9.76. The topological polar surface area (TPSA) is 93.1 Å². The average Bonchev–Trinajstić information content (AvgIpc) is 2.46. The fraction of sp³-hybridized carbons (Fsp3) is 0.625. The van der Waals surface area contributed by atoms with Gasteiger partial charge in [0.25, 0.3) is 0 Å². The molecule has 0 saturated heterocycles. The highest BCUT2D eigenvalue weighted by Crippen LogP contribution is 2.35. The highest BCUT2D eigenvalue weighted by atomic mass is 16.5. The summed E-state index contributed by atoms with van der Waals surface area (Å²) >= 11 is 0. The molecule has 0 unspecified atom stereocenters. The van der Waals surface area contributed by atoms with Gasteiger partial charge in [-0.05, 0) is 39.5 Å². The van der Waals surface area contributed by atoms with Crippen LogP contribution in [-0.2, 0) is 19.1 Å². The van der Waals surface area contributed by atoms with Crippen molar-refractivity contribution in [3.05, 3.63) is 24.3 Å². The molecular formula is C16H24O6. The van der Waals surface area contributed by atoms with E-state index in [0.717, 1.165) is 0 Å². The molecule has 6 nitrogen and oxygen atoms in total. The van der Waals surface area contributed by atoms with Crippen molar-refractivity contribution in [2.75, 3.05) is 13.2 Å². The van der Waals surface area contributed by atoms with Crippen LogP contribution < -0.4 is 0 Å². The van der Waals surface area contributed by atoms with Crippen LogP contribution in [0.5, 0.6) is 0 Å². The van der Waals surface area contributed by atoms with Gasteiger partial charge in [-0.2, -0.15) is 0 Å². The van der Waals surface area contributed by atoms with Crippen molar-refractivity contribution >= 4 is 11.9 Å². The molecule has 1 rings (SSSR count). The van der Waals surface area contributed by atoms with Crippen LogP contribution in [0.15, 0.2) is 24.3 Å². The summed E-state index contributed by atoms with van der Waals surface area (Å²) in [6, 6.07) is 0. The number of hydrogen-bond donors (Lipinski definition) is 2. The number of esters is 2. The van der Waals surface area contributed by atoms with Gasteiger partial charge in [0.2, 0.25) is 0 Å². The van der Waals surface area contributed by atoms with E-state index >= 15 is 0 Å². The third-order valence-electron chi connectivity index (χ3n) is 3.75. The van der Waals surface area contributed by atoms with Crippen molar-refractivity contribution in [2.24, 2.45) is 0 Å². The zero-order chi connectivity index (χ0) is 17.0. The van der Waals surface area contributed by atoms with Gasteiger partial charge >= 0.3 is 11.9 Å². The predicted molar refractivity (Wildman–Crippen MR) is 79.9 cm³/mol. The normalized spacial score (nSPS) is 27.8. The van der Waals surface area contributed by atoms with Crippen LogP contribution in [0.1, 0.15) is 39.5 Å². The Morgan fingerprint density at radius 1 is 0.864 bits per heavy atom. The first kappa shape index (κ1) is 18.4. The second kappa shape index (κ2) is 7.07. The molecule has 6 heteroatoms. The molecule has 0 aromatic rings. The Kier molecular flexibility index (Phi) is 5.91. The fourth-order valence-electron chi connectivity index (χ4n) is 2.12. The van der Waals surface area contributed by atoms with Gasteiger partial charge in [0.15, 0.2) is 0 Å². The van der Waals surface area contributed by atoms with Gasteiger partial charge in [-0.1, -0.05) is 13.2 Å². The maximum atomic E-state index is 11.3. The summed E-state index contributed by atoms with van der Waals surface area (Å²) in [5.41, 5.74) is -1.81. The third-order valence-corrected chi connectivity index (χ3v) is 3.75. The summed E-state index contributed by atoms with van der Waals surface area (Å²) in [5.74, 6) is -1.10. The van der Waals surface area contributed by atoms with Crippen LogP contribution in [0.2, 0.25) is 0 Å². The quantitative estimate of drug-likeness (QED) is 0.566. The molecule has 0 atom stereocenters. The first-order chi connectivity index (χ1) is 10.1. The van der Waals surface area contributed by atoms with Crippen LogP contribution in [0.25, 0.3) is 0 Å². The molecule has 0 bridgehead atoms. The molecule has 0 aromatic carbocycles. The molecule has 0 aromatic heterocycles. The van der Waals surface area contributed by atoms with Gasteiger partial charge in [-0.25, -0.2) is 9.59 Å². The zero-order valence-corrected chi connectivity index (χ0v) is 13.2. The lowest BCUT2D eigenvalue weighted by Gasteiger charge is -2.40. The Balaban J connectivity index is 2.46. The third kappa shape index (κ3) is 5.27. The predicted octanol–water partition coefficient (Wildman–Crippen LogP) is 1.26. The van der Waals surface area contributed by atoms with E-state index in [2.05, 4.69) is 13.2 Å². The van der Waals surface area contributed by atoms with E-state index in [1.807, 2.05) is 0 Å². The van der Waals surface area contributed by atoms with Gasteiger partial charge < -0.3 is 19.7 Å².